The first-order valence-electron chi connectivity index (χ1n) is 5.76. The highest BCUT2D eigenvalue weighted by Crippen LogP contribution is 2.68. The van der Waals surface area contributed by atoms with E-state index >= 15 is 0 Å². The van der Waals surface area contributed by atoms with Gasteiger partial charge in [0.15, 0.2) is 0 Å². The molecule has 0 saturated heterocycles. The van der Waals surface area contributed by atoms with Crippen molar-refractivity contribution in [3.05, 3.63) is 35.9 Å². The maximum Gasteiger partial charge on any atom is 0.364 e. The molecule has 4 nitrogen and oxygen atoms in total. The van der Waals surface area contributed by atoms with Crippen molar-refractivity contribution in [2.75, 3.05) is 13.2 Å². The average molecular weight is 325 g/mol. The Morgan fingerprint density at radius 3 is 2.05 bits per heavy atom. The van der Waals surface area contributed by atoms with E-state index in [0.29, 0.717) is 0 Å². The van der Waals surface area contributed by atoms with Gasteiger partial charge in [0.05, 0.1) is 13.2 Å². The molecule has 0 saturated carbocycles. The lowest BCUT2D eigenvalue weighted by Gasteiger charge is -2.30. The monoisotopic (exact) mass is 324 g/mol. The predicted octanol–water partition coefficient (Wildman–Crippen LogP) is 4.11. The molecule has 1 aromatic carbocycles. The highest BCUT2D eigenvalue weighted by Gasteiger charge is 2.56. The molecule has 0 fully saturated rings. The van der Waals surface area contributed by atoms with Crippen LogP contribution in [0.15, 0.2) is 30.3 Å². The molecule has 0 aliphatic carbocycles. The van der Waals surface area contributed by atoms with Crippen LogP contribution in [0.2, 0.25) is 0 Å². The van der Waals surface area contributed by atoms with Gasteiger partial charge in [0.25, 0.3) is 5.24 Å². The minimum Gasteiger partial charge on any atom is -0.307 e. The fraction of sp³-hybridized carbons (Fsp3) is 0.417. The third kappa shape index (κ3) is 3.21. The molecule has 0 radical (unpaired) electrons. The van der Waals surface area contributed by atoms with Gasteiger partial charge in [-0.15, -0.1) is 0 Å². The van der Waals surface area contributed by atoms with Crippen LogP contribution >= 0.6 is 30.8 Å². The SMILES string of the molecule is CCOP(=O)(OCC)C(Cl)(C(=O)Cl)c1ccccc1. The molecule has 106 valence electrons. The zero-order valence-electron chi connectivity index (χ0n) is 10.6. The van der Waals surface area contributed by atoms with Gasteiger partial charge in [-0.25, -0.2) is 0 Å². The van der Waals surface area contributed by atoms with Crippen LogP contribution in [0.25, 0.3) is 0 Å². The molecule has 1 unspecified atom stereocenters. The van der Waals surface area contributed by atoms with Gasteiger partial charge in [-0.3, -0.25) is 9.36 Å². The summed E-state index contributed by atoms with van der Waals surface area (Å²) in [4.78, 5) is 11.8. The maximum absolute atomic E-state index is 12.8. The zero-order valence-corrected chi connectivity index (χ0v) is 13.0. The quantitative estimate of drug-likeness (QED) is 0.430. The first-order chi connectivity index (χ1) is 8.92. The second kappa shape index (κ2) is 6.87. The standard InChI is InChI=1S/C12H15Cl2O4P/c1-3-17-19(16,18-4-2)12(14,11(13)15)10-8-6-5-7-9-10/h5-9H,3-4H2,1-2H3. The van der Waals surface area contributed by atoms with Crippen LogP contribution in [0, 0.1) is 0 Å². The molecular weight excluding hydrogens is 310 g/mol. The van der Waals surface area contributed by atoms with E-state index < -0.39 is 17.5 Å². The lowest BCUT2D eigenvalue weighted by atomic mass is 10.1. The van der Waals surface area contributed by atoms with Crippen LogP contribution in [0.4, 0.5) is 0 Å². The fourth-order valence-electron chi connectivity index (χ4n) is 1.59. The number of carbonyl (C=O) groups is 1. The second-order valence-electron chi connectivity index (χ2n) is 3.59. The zero-order chi connectivity index (χ0) is 14.5. The lowest BCUT2D eigenvalue weighted by molar-refractivity contribution is -0.112. The Kier molecular flexibility index (Phi) is 6.03. The molecule has 0 spiro atoms. The molecule has 0 bridgehead atoms. The van der Waals surface area contributed by atoms with E-state index in [2.05, 4.69) is 0 Å². The number of hydrogen-bond acceptors (Lipinski definition) is 4. The smallest absolute Gasteiger partial charge is 0.307 e. The largest absolute Gasteiger partial charge is 0.364 e. The van der Waals surface area contributed by atoms with Gasteiger partial charge in [-0.05, 0) is 31.0 Å². The van der Waals surface area contributed by atoms with Gasteiger partial charge in [0, 0.05) is 0 Å². The Bertz CT molecular complexity index is 470. The van der Waals surface area contributed by atoms with E-state index in [1.165, 1.54) is 0 Å². The Morgan fingerprint density at radius 1 is 1.21 bits per heavy atom. The molecule has 1 atom stereocenters. The molecule has 0 amide bonds. The van der Waals surface area contributed by atoms with Crippen molar-refractivity contribution >= 4 is 36.0 Å². The van der Waals surface area contributed by atoms with Crippen molar-refractivity contribution in [3.8, 4) is 0 Å². The topological polar surface area (TPSA) is 52.6 Å². The summed E-state index contributed by atoms with van der Waals surface area (Å²) < 4.78 is 21.0. The van der Waals surface area contributed by atoms with Crippen LogP contribution in [0.1, 0.15) is 19.4 Å². The van der Waals surface area contributed by atoms with Crippen LogP contribution < -0.4 is 0 Å². The minimum atomic E-state index is -3.94. The van der Waals surface area contributed by atoms with Crippen molar-refractivity contribution in [2.24, 2.45) is 0 Å². The van der Waals surface area contributed by atoms with E-state index in [9.17, 15) is 9.36 Å². The summed E-state index contributed by atoms with van der Waals surface area (Å²) in [6.45, 7) is 3.44. The molecule has 0 aliphatic rings. The summed E-state index contributed by atoms with van der Waals surface area (Å²) in [5.74, 6) is 0. The van der Waals surface area contributed by atoms with Gasteiger partial charge in [0.2, 0.25) is 4.62 Å². The van der Waals surface area contributed by atoms with E-state index in [4.69, 9.17) is 32.2 Å². The molecule has 0 N–H and O–H groups in total. The van der Waals surface area contributed by atoms with Crippen molar-refractivity contribution < 1.29 is 18.4 Å². The molecular formula is C12H15Cl2O4P. The first kappa shape index (κ1) is 16.7. The number of hydrogen-bond donors (Lipinski definition) is 0. The average Bonchev–Trinajstić information content (AvgIpc) is 2.39. The van der Waals surface area contributed by atoms with Crippen molar-refractivity contribution in [1.82, 2.24) is 0 Å². The van der Waals surface area contributed by atoms with Gasteiger partial charge in [-0.2, -0.15) is 0 Å². The molecule has 19 heavy (non-hydrogen) atoms. The third-order valence-electron chi connectivity index (χ3n) is 2.39. The normalized spacial score (nSPS) is 14.9. The summed E-state index contributed by atoms with van der Waals surface area (Å²) in [5.41, 5.74) is 0.280. The fourth-order valence-corrected chi connectivity index (χ4v) is 4.22. The van der Waals surface area contributed by atoms with E-state index in [1.807, 2.05) is 0 Å². The van der Waals surface area contributed by atoms with Gasteiger partial charge >= 0.3 is 7.60 Å². The molecule has 1 rings (SSSR count). The highest BCUT2D eigenvalue weighted by atomic mass is 35.5. The van der Waals surface area contributed by atoms with Crippen LogP contribution in [0.3, 0.4) is 0 Å². The number of halogens is 2. The van der Waals surface area contributed by atoms with E-state index in [0.717, 1.165) is 0 Å². The van der Waals surface area contributed by atoms with Gasteiger partial charge in [-0.1, -0.05) is 41.9 Å². The number of alkyl halides is 1. The molecule has 0 aromatic heterocycles. The Hall–Kier alpha value is -0.380. The summed E-state index contributed by atoms with van der Waals surface area (Å²) in [7, 11) is -3.94. The van der Waals surface area contributed by atoms with Gasteiger partial charge in [0.1, 0.15) is 0 Å². The lowest BCUT2D eigenvalue weighted by Crippen LogP contribution is -2.28. The third-order valence-corrected chi connectivity index (χ3v) is 6.33. The van der Waals surface area contributed by atoms with E-state index in [1.54, 1.807) is 44.2 Å². The summed E-state index contributed by atoms with van der Waals surface area (Å²) >= 11 is 11.8. The van der Waals surface area contributed by atoms with Crippen LogP contribution in [-0.2, 0) is 23.0 Å². The summed E-state index contributed by atoms with van der Waals surface area (Å²) in [6.07, 6.45) is 0. The van der Waals surface area contributed by atoms with Crippen LogP contribution in [0.5, 0.6) is 0 Å². The summed E-state index contributed by atoms with van der Waals surface area (Å²) in [6, 6.07) is 8.17. The Labute approximate surface area is 122 Å². The number of rotatable bonds is 7. The van der Waals surface area contributed by atoms with Crippen molar-refractivity contribution in [3.63, 3.8) is 0 Å². The Morgan fingerprint density at radius 2 is 1.68 bits per heavy atom. The van der Waals surface area contributed by atoms with Crippen molar-refractivity contribution in [1.29, 1.82) is 0 Å². The number of benzene rings is 1. The van der Waals surface area contributed by atoms with Crippen LogP contribution in [-0.4, -0.2) is 18.5 Å². The second-order valence-corrected chi connectivity index (χ2v) is 6.95. The van der Waals surface area contributed by atoms with Crippen molar-refractivity contribution in [2.45, 2.75) is 18.5 Å². The highest BCUT2D eigenvalue weighted by molar-refractivity contribution is 7.59. The van der Waals surface area contributed by atoms with E-state index in [-0.39, 0.29) is 18.8 Å². The Balaban J connectivity index is 3.40. The summed E-state index contributed by atoms with van der Waals surface area (Å²) in [5, 5.41) is -0.995. The number of carbonyl (C=O) groups excluding carboxylic acids is 1. The molecule has 7 heteroatoms. The molecule has 0 aliphatic heterocycles. The molecule has 0 heterocycles. The maximum atomic E-state index is 12.8. The first-order valence-corrected chi connectivity index (χ1v) is 8.05. The predicted molar refractivity (Wildman–Crippen MR) is 75.7 cm³/mol. The minimum absolute atomic E-state index is 0.0861. The van der Waals surface area contributed by atoms with Gasteiger partial charge < -0.3 is 9.05 Å². The molecule has 1 aromatic rings.